The monoisotopic (exact) mass is 174 g/mol. The first-order valence-electron chi connectivity index (χ1n) is 4.12. The molecule has 2 aliphatic heterocycles. The standard InChI is InChI=1S/C8H14O4/c1-7(2)11-5-4-10-6(9)8(5,3)12-7/h5-6,9H,4H2,1-3H3/t5-,6+,8-/m1/s1. The highest BCUT2D eigenvalue weighted by atomic mass is 16.8. The van der Waals surface area contributed by atoms with Gasteiger partial charge in [-0.3, -0.25) is 0 Å². The van der Waals surface area contributed by atoms with Gasteiger partial charge in [0.2, 0.25) is 0 Å². The molecule has 70 valence electrons. The highest BCUT2D eigenvalue weighted by molar-refractivity contribution is 4.99. The number of hydrogen-bond donors (Lipinski definition) is 1. The van der Waals surface area contributed by atoms with Crippen LogP contribution in [0, 0.1) is 0 Å². The van der Waals surface area contributed by atoms with E-state index < -0.39 is 17.7 Å². The molecule has 2 saturated heterocycles. The third-order valence-electron chi connectivity index (χ3n) is 2.43. The lowest BCUT2D eigenvalue weighted by atomic mass is 10.0. The van der Waals surface area contributed by atoms with Crippen molar-refractivity contribution < 1.29 is 19.3 Å². The summed E-state index contributed by atoms with van der Waals surface area (Å²) in [6.07, 6.45) is -1.02. The van der Waals surface area contributed by atoms with Gasteiger partial charge in [0.1, 0.15) is 11.7 Å². The van der Waals surface area contributed by atoms with Crippen LogP contribution in [0.2, 0.25) is 0 Å². The summed E-state index contributed by atoms with van der Waals surface area (Å²) in [6.45, 7) is 5.89. The SMILES string of the molecule is CC1(C)O[C@@H]2CO[C@H](O)[C@]2(C)O1. The average molecular weight is 174 g/mol. The molecule has 0 aromatic carbocycles. The van der Waals surface area contributed by atoms with Gasteiger partial charge in [0.25, 0.3) is 0 Å². The predicted molar refractivity (Wildman–Crippen MR) is 40.4 cm³/mol. The predicted octanol–water partition coefficient (Wildman–Crippen LogP) is 0.245. The Morgan fingerprint density at radius 1 is 1.33 bits per heavy atom. The fourth-order valence-electron chi connectivity index (χ4n) is 1.83. The van der Waals surface area contributed by atoms with Gasteiger partial charge >= 0.3 is 0 Å². The van der Waals surface area contributed by atoms with Crippen molar-refractivity contribution in [3.05, 3.63) is 0 Å². The fourth-order valence-corrected chi connectivity index (χ4v) is 1.83. The van der Waals surface area contributed by atoms with Crippen LogP contribution in [0.5, 0.6) is 0 Å². The molecule has 0 aromatic heterocycles. The van der Waals surface area contributed by atoms with Gasteiger partial charge in [-0.25, -0.2) is 0 Å². The molecule has 0 spiro atoms. The molecule has 0 aromatic rings. The lowest BCUT2D eigenvalue weighted by molar-refractivity contribution is -0.231. The number of hydrogen-bond acceptors (Lipinski definition) is 4. The van der Waals surface area contributed by atoms with Gasteiger partial charge in [-0.1, -0.05) is 0 Å². The Labute approximate surface area is 71.4 Å². The van der Waals surface area contributed by atoms with Crippen LogP contribution in [0.4, 0.5) is 0 Å². The maximum absolute atomic E-state index is 9.46. The molecule has 0 bridgehead atoms. The largest absolute Gasteiger partial charge is 0.366 e. The Hall–Kier alpha value is -0.160. The second-order valence-corrected chi connectivity index (χ2v) is 3.98. The van der Waals surface area contributed by atoms with Crippen molar-refractivity contribution >= 4 is 0 Å². The van der Waals surface area contributed by atoms with Crippen molar-refractivity contribution in [1.82, 2.24) is 0 Å². The zero-order chi connectivity index (χ0) is 8.98. The summed E-state index contributed by atoms with van der Waals surface area (Å²) in [4.78, 5) is 0. The van der Waals surface area contributed by atoms with Crippen LogP contribution in [0.3, 0.4) is 0 Å². The van der Waals surface area contributed by atoms with Crippen LogP contribution in [-0.2, 0) is 14.2 Å². The van der Waals surface area contributed by atoms with Crippen molar-refractivity contribution in [3.63, 3.8) is 0 Å². The van der Waals surface area contributed by atoms with Gasteiger partial charge in [0.15, 0.2) is 12.1 Å². The van der Waals surface area contributed by atoms with Gasteiger partial charge < -0.3 is 19.3 Å². The molecule has 1 N–H and O–H groups in total. The first-order valence-corrected chi connectivity index (χ1v) is 4.12. The maximum atomic E-state index is 9.46. The number of aliphatic hydroxyl groups excluding tert-OH is 1. The molecular weight excluding hydrogens is 160 g/mol. The van der Waals surface area contributed by atoms with E-state index in [4.69, 9.17) is 14.2 Å². The molecule has 0 radical (unpaired) electrons. The minimum atomic E-state index is -0.871. The van der Waals surface area contributed by atoms with Crippen molar-refractivity contribution in [2.75, 3.05) is 6.61 Å². The molecule has 3 atom stereocenters. The average Bonchev–Trinajstić information content (AvgIpc) is 2.27. The normalized spacial score (nSPS) is 51.0. The van der Waals surface area contributed by atoms with E-state index in [1.807, 2.05) is 20.8 Å². The minimum Gasteiger partial charge on any atom is -0.366 e. The number of fused-ring (bicyclic) bond motifs is 1. The molecule has 0 aliphatic carbocycles. The van der Waals surface area contributed by atoms with Gasteiger partial charge in [0.05, 0.1) is 6.61 Å². The quantitative estimate of drug-likeness (QED) is 0.571. The Morgan fingerprint density at radius 3 is 2.58 bits per heavy atom. The molecule has 0 unspecified atom stereocenters. The van der Waals surface area contributed by atoms with Crippen LogP contribution >= 0.6 is 0 Å². The molecule has 2 rings (SSSR count). The highest BCUT2D eigenvalue weighted by Crippen LogP contribution is 2.42. The number of aliphatic hydroxyl groups is 1. The Bertz CT molecular complexity index is 203. The van der Waals surface area contributed by atoms with Gasteiger partial charge in [-0.15, -0.1) is 0 Å². The van der Waals surface area contributed by atoms with Gasteiger partial charge in [0, 0.05) is 0 Å². The van der Waals surface area contributed by atoms with Crippen LogP contribution in [-0.4, -0.2) is 35.5 Å². The lowest BCUT2D eigenvalue weighted by Crippen LogP contribution is -2.42. The van der Waals surface area contributed by atoms with E-state index >= 15 is 0 Å². The van der Waals surface area contributed by atoms with Crippen molar-refractivity contribution in [1.29, 1.82) is 0 Å². The summed E-state index contributed by atoms with van der Waals surface area (Å²) in [6, 6.07) is 0. The lowest BCUT2D eigenvalue weighted by Gasteiger charge is -2.25. The summed E-state index contributed by atoms with van der Waals surface area (Å²) in [5.41, 5.74) is -0.691. The molecule has 4 nitrogen and oxygen atoms in total. The van der Waals surface area contributed by atoms with Crippen molar-refractivity contribution in [2.45, 2.75) is 44.6 Å². The molecule has 4 heteroatoms. The molecule has 0 amide bonds. The molecule has 12 heavy (non-hydrogen) atoms. The third kappa shape index (κ3) is 0.992. The summed E-state index contributed by atoms with van der Waals surface area (Å²) in [5.74, 6) is -0.607. The fraction of sp³-hybridized carbons (Fsp3) is 1.00. The molecule has 2 fully saturated rings. The zero-order valence-electron chi connectivity index (χ0n) is 7.53. The smallest absolute Gasteiger partial charge is 0.186 e. The van der Waals surface area contributed by atoms with E-state index in [0.717, 1.165) is 0 Å². The Balaban J connectivity index is 2.23. The zero-order valence-corrected chi connectivity index (χ0v) is 7.53. The van der Waals surface area contributed by atoms with Crippen LogP contribution < -0.4 is 0 Å². The topological polar surface area (TPSA) is 47.9 Å². The molecule has 2 aliphatic rings. The van der Waals surface area contributed by atoms with E-state index in [0.29, 0.717) is 6.61 Å². The minimum absolute atomic E-state index is 0.150. The second-order valence-electron chi connectivity index (χ2n) is 3.98. The second kappa shape index (κ2) is 2.20. The third-order valence-corrected chi connectivity index (χ3v) is 2.43. The summed E-state index contributed by atoms with van der Waals surface area (Å²) in [5, 5.41) is 9.46. The van der Waals surface area contributed by atoms with E-state index in [1.54, 1.807) is 0 Å². The van der Waals surface area contributed by atoms with E-state index in [2.05, 4.69) is 0 Å². The Kier molecular flexibility index (Phi) is 1.55. The first-order chi connectivity index (χ1) is 5.44. The highest BCUT2D eigenvalue weighted by Gasteiger charge is 2.59. The number of rotatable bonds is 0. The Morgan fingerprint density at radius 2 is 2.00 bits per heavy atom. The van der Waals surface area contributed by atoms with Crippen molar-refractivity contribution in [3.8, 4) is 0 Å². The van der Waals surface area contributed by atoms with Gasteiger partial charge in [-0.05, 0) is 20.8 Å². The molecule has 0 saturated carbocycles. The maximum Gasteiger partial charge on any atom is 0.186 e. The van der Waals surface area contributed by atoms with Crippen LogP contribution in [0.15, 0.2) is 0 Å². The summed E-state index contributed by atoms with van der Waals surface area (Å²) in [7, 11) is 0. The summed E-state index contributed by atoms with van der Waals surface area (Å²) >= 11 is 0. The molecule has 2 heterocycles. The van der Waals surface area contributed by atoms with Crippen LogP contribution in [0.1, 0.15) is 20.8 Å². The number of ether oxygens (including phenoxy) is 3. The van der Waals surface area contributed by atoms with E-state index in [1.165, 1.54) is 0 Å². The van der Waals surface area contributed by atoms with E-state index in [-0.39, 0.29) is 6.10 Å². The summed E-state index contributed by atoms with van der Waals surface area (Å²) < 4.78 is 16.1. The van der Waals surface area contributed by atoms with Crippen molar-refractivity contribution in [2.24, 2.45) is 0 Å². The molecular formula is C8H14O4. The van der Waals surface area contributed by atoms with E-state index in [9.17, 15) is 5.11 Å². The van der Waals surface area contributed by atoms with Crippen LogP contribution in [0.25, 0.3) is 0 Å². The first kappa shape index (κ1) is 8.44. The van der Waals surface area contributed by atoms with Gasteiger partial charge in [-0.2, -0.15) is 0 Å².